The van der Waals surface area contributed by atoms with E-state index in [1.807, 2.05) is 0 Å². The van der Waals surface area contributed by atoms with Gasteiger partial charge in [0.05, 0.1) is 0 Å². The molecule has 0 rings (SSSR count). The first-order chi connectivity index (χ1) is 5.31. The standard InChI is InChI=1S/C7H14N2O2.ClH/c1-2-6-11-7(10)9-5-3-4-8;/h2H,1,3-6,8H2,(H,9,10);1H. The van der Waals surface area contributed by atoms with Crippen molar-refractivity contribution in [3.05, 3.63) is 12.7 Å². The molecule has 3 N–H and O–H groups in total. The van der Waals surface area contributed by atoms with Gasteiger partial charge in [-0.2, -0.15) is 0 Å². The summed E-state index contributed by atoms with van der Waals surface area (Å²) in [6.45, 7) is 4.78. The van der Waals surface area contributed by atoms with Crippen LogP contribution in [0.1, 0.15) is 6.42 Å². The van der Waals surface area contributed by atoms with E-state index in [2.05, 4.69) is 16.6 Å². The van der Waals surface area contributed by atoms with E-state index in [-0.39, 0.29) is 19.0 Å². The van der Waals surface area contributed by atoms with Crippen molar-refractivity contribution in [3.63, 3.8) is 0 Å². The minimum Gasteiger partial charge on any atom is -0.445 e. The highest BCUT2D eigenvalue weighted by molar-refractivity contribution is 5.85. The summed E-state index contributed by atoms with van der Waals surface area (Å²) in [6.07, 6.45) is 1.87. The van der Waals surface area contributed by atoms with Crippen molar-refractivity contribution in [2.45, 2.75) is 6.42 Å². The van der Waals surface area contributed by atoms with Crippen LogP contribution >= 0.6 is 12.4 Å². The van der Waals surface area contributed by atoms with Crippen molar-refractivity contribution in [1.29, 1.82) is 0 Å². The van der Waals surface area contributed by atoms with Gasteiger partial charge in [0.2, 0.25) is 0 Å². The average molecular weight is 195 g/mol. The molecule has 0 aromatic carbocycles. The van der Waals surface area contributed by atoms with Gasteiger partial charge in [0.1, 0.15) is 6.61 Å². The Morgan fingerprint density at radius 2 is 2.33 bits per heavy atom. The van der Waals surface area contributed by atoms with Gasteiger partial charge in [-0.25, -0.2) is 4.79 Å². The minimum absolute atomic E-state index is 0. The van der Waals surface area contributed by atoms with Gasteiger partial charge in [-0.3, -0.25) is 0 Å². The zero-order valence-corrected chi connectivity index (χ0v) is 7.73. The molecule has 0 bridgehead atoms. The van der Waals surface area contributed by atoms with Crippen LogP contribution in [0.15, 0.2) is 12.7 Å². The normalized spacial score (nSPS) is 8.08. The zero-order valence-electron chi connectivity index (χ0n) is 6.91. The summed E-state index contributed by atoms with van der Waals surface area (Å²) in [6, 6.07) is 0. The van der Waals surface area contributed by atoms with Gasteiger partial charge in [0.25, 0.3) is 0 Å². The maximum absolute atomic E-state index is 10.7. The first kappa shape index (κ1) is 13.8. The quantitative estimate of drug-likeness (QED) is 0.500. The average Bonchev–Trinajstić information content (AvgIpc) is 2.01. The number of ether oxygens (including phenoxy) is 1. The summed E-state index contributed by atoms with van der Waals surface area (Å²) in [5.74, 6) is 0. The van der Waals surface area contributed by atoms with Crippen LogP contribution < -0.4 is 11.1 Å². The summed E-state index contributed by atoms with van der Waals surface area (Å²) >= 11 is 0. The fourth-order valence-corrected chi connectivity index (χ4v) is 0.478. The molecule has 0 radical (unpaired) electrons. The molecule has 0 saturated heterocycles. The van der Waals surface area contributed by atoms with E-state index in [9.17, 15) is 4.79 Å². The molecule has 0 atom stereocenters. The van der Waals surface area contributed by atoms with Crippen molar-refractivity contribution in [3.8, 4) is 0 Å². The number of alkyl carbamates (subject to hydrolysis) is 1. The molecule has 12 heavy (non-hydrogen) atoms. The highest BCUT2D eigenvalue weighted by Gasteiger charge is 1.96. The van der Waals surface area contributed by atoms with Crippen molar-refractivity contribution in [1.82, 2.24) is 5.32 Å². The third kappa shape index (κ3) is 9.26. The Balaban J connectivity index is 0. The lowest BCUT2D eigenvalue weighted by Crippen LogP contribution is -2.26. The summed E-state index contributed by atoms with van der Waals surface area (Å²) in [7, 11) is 0. The number of amides is 1. The Morgan fingerprint density at radius 1 is 1.67 bits per heavy atom. The van der Waals surface area contributed by atoms with E-state index in [0.717, 1.165) is 6.42 Å². The second kappa shape index (κ2) is 10.3. The molecule has 0 unspecified atom stereocenters. The van der Waals surface area contributed by atoms with Crippen LogP contribution in [-0.2, 0) is 4.74 Å². The molecule has 4 nitrogen and oxygen atoms in total. The lowest BCUT2D eigenvalue weighted by molar-refractivity contribution is 0.158. The van der Waals surface area contributed by atoms with Crippen molar-refractivity contribution < 1.29 is 9.53 Å². The molecule has 0 fully saturated rings. The predicted molar refractivity (Wildman–Crippen MR) is 50.5 cm³/mol. The van der Waals surface area contributed by atoms with Crippen LogP contribution in [-0.4, -0.2) is 25.8 Å². The van der Waals surface area contributed by atoms with E-state index in [0.29, 0.717) is 13.1 Å². The van der Waals surface area contributed by atoms with Crippen LogP contribution in [0.25, 0.3) is 0 Å². The fraction of sp³-hybridized carbons (Fsp3) is 0.571. The SMILES string of the molecule is C=CCOC(=O)NCCCN.Cl. The molecular formula is C7H15ClN2O2. The Morgan fingerprint density at radius 3 is 2.83 bits per heavy atom. The topological polar surface area (TPSA) is 64.3 Å². The summed E-state index contributed by atoms with van der Waals surface area (Å²) < 4.78 is 4.63. The van der Waals surface area contributed by atoms with E-state index < -0.39 is 6.09 Å². The first-order valence-corrected chi connectivity index (χ1v) is 3.53. The van der Waals surface area contributed by atoms with Gasteiger partial charge in [-0.15, -0.1) is 12.4 Å². The smallest absolute Gasteiger partial charge is 0.407 e. The van der Waals surface area contributed by atoms with Crippen LogP contribution in [0.5, 0.6) is 0 Å². The molecule has 0 aromatic heterocycles. The summed E-state index contributed by atoms with van der Waals surface area (Å²) in [4.78, 5) is 10.7. The number of carbonyl (C=O) groups excluding carboxylic acids is 1. The van der Waals surface area contributed by atoms with Gasteiger partial charge < -0.3 is 15.8 Å². The molecule has 1 amide bonds. The van der Waals surface area contributed by atoms with E-state index in [4.69, 9.17) is 5.73 Å². The van der Waals surface area contributed by atoms with Crippen molar-refractivity contribution >= 4 is 18.5 Å². The predicted octanol–water partition coefficient (Wildman–Crippen LogP) is 0.669. The maximum Gasteiger partial charge on any atom is 0.407 e. The molecule has 0 aliphatic heterocycles. The summed E-state index contributed by atoms with van der Waals surface area (Å²) in [5, 5.41) is 2.53. The third-order valence-electron chi connectivity index (χ3n) is 0.983. The second-order valence-corrected chi connectivity index (χ2v) is 1.96. The molecule has 0 aromatic rings. The first-order valence-electron chi connectivity index (χ1n) is 3.53. The highest BCUT2D eigenvalue weighted by atomic mass is 35.5. The number of hydrogen-bond acceptors (Lipinski definition) is 3. The van der Waals surface area contributed by atoms with E-state index >= 15 is 0 Å². The number of halogens is 1. The fourth-order valence-electron chi connectivity index (χ4n) is 0.478. The minimum atomic E-state index is -0.418. The van der Waals surface area contributed by atoms with Gasteiger partial charge in [0.15, 0.2) is 0 Å². The lowest BCUT2D eigenvalue weighted by atomic mass is 10.4. The molecule has 0 aliphatic carbocycles. The monoisotopic (exact) mass is 194 g/mol. The van der Waals surface area contributed by atoms with Crippen molar-refractivity contribution in [2.75, 3.05) is 19.7 Å². The zero-order chi connectivity index (χ0) is 8.53. The van der Waals surface area contributed by atoms with Crippen molar-refractivity contribution in [2.24, 2.45) is 5.73 Å². The molecule has 0 spiro atoms. The van der Waals surface area contributed by atoms with Gasteiger partial charge in [-0.05, 0) is 13.0 Å². The number of nitrogens with one attached hydrogen (secondary N) is 1. The van der Waals surface area contributed by atoms with E-state index in [1.165, 1.54) is 6.08 Å². The van der Waals surface area contributed by atoms with Crippen LogP contribution in [0.2, 0.25) is 0 Å². The largest absolute Gasteiger partial charge is 0.445 e. The summed E-state index contributed by atoms with van der Waals surface area (Å²) in [5.41, 5.74) is 5.21. The Hall–Kier alpha value is -0.740. The number of hydrogen-bond donors (Lipinski definition) is 2. The van der Waals surface area contributed by atoms with Crippen LogP contribution in [0, 0.1) is 0 Å². The second-order valence-electron chi connectivity index (χ2n) is 1.96. The maximum atomic E-state index is 10.7. The van der Waals surface area contributed by atoms with Crippen LogP contribution in [0.4, 0.5) is 4.79 Å². The van der Waals surface area contributed by atoms with Crippen LogP contribution in [0.3, 0.4) is 0 Å². The van der Waals surface area contributed by atoms with E-state index in [1.54, 1.807) is 0 Å². The molecule has 5 heteroatoms. The van der Waals surface area contributed by atoms with Gasteiger partial charge in [0, 0.05) is 6.54 Å². The lowest BCUT2D eigenvalue weighted by Gasteiger charge is -2.02. The number of nitrogens with two attached hydrogens (primary N) is 1. The van der Waals surface area contributed by atoms with Gasteiger partial charge in [-0.1, -0.05) is 12.7 Å². The molecule has 72 valence electrons. The van der Waals surface area contributed by atoms with Gasteiger partial charge >= 0.3 is 6.09 Å². The molecule has 0 heterocycles. The molecule has 0 saturated carbocycles. The number of rotatable bonds is 5. The highest BCUT2D eigenvalue weighted by Crippen LogP contribution is 1.78. The Bertz CT molecular complexity index is 131. The Labute approximate surface area is 78.6 Å². The number of carbonyl (C=O) groups is 1. The Kier molecular flexibility index (Phi) is 11.8. The molecular weight excluding hydrogens is 180 g/mol. The third-order valence-corrected chi connectivity index (χ3v) is 0.983. The molecule has 0 aliphatic rings.